The third-order valence-corrected chi connectivity index (χ3v) is 3.88. The van der Waals surface area contributed by atoms with Crippen molar-refractivity contribution in [3.63, 3.8) is 0 Å². The van der Waals surface area contributed by atoms with Gasteiger partial charge in [0.05, 0.1) is 12.6 Å². The van der Waals surface area contributed by atoms with Gasteiger partial charge < -0.3 is 19.3 Å². The van der Waals surface area contributed by atoms with Gasteiger partial charge in [-0.2, -0.15) is 0 Å². The number of rotatable bonds is 7. The van der Waals surface area contributed by atoms with Crippen molar-refractivity contribution in [1.82, 2.24) is 14.4 Å². The summed E-state index contributed by atoms with van der Waals surface area (Å²) >= 11 is 0. The first-order valence-electron chi connectivity index (χ1n) is 8.07. The Morgan fingerprint density at radius 1 is 1.12 bits per heavy atom. The molecule has 0 N–H and O–H groups in total. The van der Waals surface area contributed by atoms with Crippen LogP contribution in [0, 0.1) is 0 Å². The highest BCUT2D eigenvalue weighted by molar-refractivity contribution is 5.92. The second kappa shape index (κ2) is 8.17. The molecule has 0 unspecified atom stereocenters. The van der Waals surface area contributed by atoms with Crippen LogP contribution in [0.2, 0.25) is 0 Å². The van der Waals surface area contributed by atoms with Gasteiger partial charge in [-0.15, -0.1) is 0 Å². The fraction of sp³-hybridized carbons (Fsp3) is 0.500. The molecule has 1 aromatic carbocycles. The fourth-order valence-corrected chi connectivity index (χ4v) is 2.48. The fourth-order valence-electron chi connectivity index (χ4n) is 2.48. The molecule has 0 aliphatic carbocycles. The van der Waals surface area contributed by atoms with Gasteiger partial charge in [-0.25, -0.2) is 4.79 Å². The van der Waals surface area contributed by atoms with Crippen molar-refractivity contribution in [3.8, 4) is 5.75 Å². The molecule has 0 saturated carbocycles. The summed E-state index contributed by atoms with van der Waals surface area (Å²) < 4.78 is 12.3. The van der Waals surface area contributed by atoms with Crippen molar-refractivity contribution < 1.29 is 14.3 Å². The molecule has 0 spiro atoms. The molecular weight excluding hydrogens is 306 g/mol. The van der Waals surface area contributed by atoms with E-state index in [1.165, 1.54) is 0 Å². The number of carbonyl (C=O) groups is 1. The lowest BCUT2D eigenvalue weighted by Crippen LogP contribution is -2.22. The van der Waals surface area contributed by atoms with Gasteiger partial charge in [-0.3, -0.25) is 4.57 Å². The molecule has 1 heterocycles. The summed E-state index contributed by atoms with van der Waals surface area (Å²) in [5.74, 6) is 0.724. The first-order valence-corrected chi connectivity index (χ1v) is 8.07. The molecule has 0 bridgehead atoms. The molecule has 0 atom stereocenters. The summed E-state index contributed by atoms with van der Waals surface area (Å²) in [6.07, 6.45) is 2.39. The summed E-state index contributed by atoms with van der Waals surface area (Å²) in [5.41, 5.74) is 1.95. The zero-order chi connectivity index (χ0) is 17.7. The second-order valence-electron chi connectivity index (χ2n) is 6.38. The van der Waals surface area contributed by atoms with E-state index in [1.54, 1.807) is 11.7 Å². The maximum atomic E-state index is 12.5. The predicted molar refractivity (Wildman–Crippen MR) is 96.0 cm³/mol. The van der Waals surface area contributed by atoms with Crippen LogP contribution in [0.4, 0.5) is 4.79 Å². The van der Waals surface area contributed by atoms with E-state index in [1.807, 2.05) is 57.5 Å². The van der Waals surface area contributed by atoms with Crippen LogP contribution in [0.3, 0.4) is 0 Å². The van der Waals surface area contributed by atoms with Gasteiger partial charge in [-0.05, 0) is 52.3 Å². The molecule has 2 rings (SSSR count). The summed E-state index contributed by atoms with van der Waals surface area (Å²) in [6.45, 7) is 1.98. The number of ether oxygens (including phenoxy) is 2. The molecule has 0 aliphatic heterocycles. The number of methoxy groups -OCH3 is 1. The Kier molecular flexibility index (Phi) is 6.23. The molecule has 24 heavy (non-hydrogen) atoms. The van der Waals surface area contributed by atoms with Crippen LogP contribution in [0.5, 0.6) is 5.75 Å². The van der Waals surface area contributed by atoms with Crippen molar-refractivity contribution in [3.05, 3.63) is 30.0 Å². The second-order valence-corrected chi connectivity index (χ2v) is 6.38. The minimum Gasteiger partial charge on any atom is -0.497 e. The lowest BCUT2D eigenvalue weighted by atomic mass is 10.1. The number of nitrogens with zero attached hydrogens (tertiary/aromatic N) is 3. The summed E-state index contributed by atoms with van der Waals surface area (Å²) in [7, 11) is 9.60. The minimum atomic E-state index is -0.355. The molecule has 1 aromatic heterocycles. The van der Waals surface area contributed by atoms with E-state index in [9.17, 15) is 4.79 Å². The van der Waals surface area contributed by atoms with Gasteiger partial charge in [0.15, 0.2) is 0 Å². The average molecular weight is 333 g/mol. The molecule has 6 heteroatoms. The standard InChI is InChI=1S/C18H27N3O3/c1-19(2)9-8-14-13-21(18(22)24-11-10-20(3)4)17-12-15(23-5)6-7-16(14)17/h6-7,12-13H,8-11H2,1-5H3. The average Bonchev–Trinajstić information content (AvgIpc) is 2.90. The van der Waals surface area contributed by atoms with Gasteiger partial charge in [0.1, 0.15) is 12.4 Å². The van der Waals surface area contributed by atoms with Gasteiger partial charge in [0.2, 0.25) is 0 Å². The minimum absolute atomic E-state index is 0.355. The monoisotopic (exact) mass is 333 g/mol. The molecule has 2 aromatic rings. The third-order valence-electron chi connectivity index (χ3n) is 3.88. The zero-order valence-electron chi connectivity index (χ0n) is 15.2. The quantitative estimate of drug-likeness (QED) is 0.778. The Balaban J connectivity index is 2.30. The van der Waals surface area contributed by atoms with E-state index < -0.39 is 0 Å². The van der Waals surface area contributed by atoms with Crippen LogP contribution in [-0.4, -0.2) is 75.5 Å². The molecule has 0 radical (unpaired) electrons. The van der Waals surface area contributed by atoms with Gasteiger partial charge >= 0.3 is 6.09 Å². The largest absolute Gasteiger partial charge is 0.497 e. The van der Waals surface area contributed by atoms with Gasteiger partial charge in [-0.1, -0.05) is 0 Å². The highest BCUT2D eigenvalue weighted by Gasteiger charge is 2.15. The Labute approximate surface area is 143 Å². The van der Waals surface area contributed by atoms with Crippen molar-refractivity contribution >= 4 is 17.0 Å². The van der Waals surface area contributed by atoms with Crippen LogP contribution in [0.15, 0.2) is 24.4 Å². The van der Waals surface area contributed by atoms with Crippen LogP contribution < -0.4 is 4.74 Å². The Bertz CT molecular complexity index is 692. The highest BCUT2D eigenvalue weighted by Crippen LogP contribution is 2.26. The van der Waals surface area contributed by atoms with Crippen molar-refractivity contribution in [2.24, 2.45) is 0 Å². The lowest BCUT2D eigenvalue weighted by Gasteiger charge is -2.10. The molecule has 132 valence electrons. The van der Waals surface area contributed by atoms with Gasteiger partial charge in [0.25, 0.3) is 0 Å². The summed E-state index contributed by atoms with van der Waals surface area (Å²) in [5, 5.41) is 1.06. The molecule has 0 saturated heterocycles. The number of benzene rings is 1. The van der Waals surface area contributed by atoms with Crippen LogP contribution in [-0.2, 0) is 11.2 Å². The van der Waals surface area contributed by atoms with E-state index >= 15 is 0 Å². The maximum Gasteiger partial charge on any atom is 0.418 e. The predicted octanol–water partition coefficient (Wildman–Crippen LogP) is 2.30. The first kappa shape index (κ1) is 18.3. The number of likely N-dealkylation sites (N-methyl/N-ethyl adjacent to an activating group) is 2. The van der Waals surface area contributed by atoms with E-state index in [2.05, 4.69) is 4.90 Å². The van der Waals surface area contributed by atoms with E-state index in [0.29, 0.717) is 13.2 Å². The van der Waals surface area contributed by atoms with Crippen molar-refractivity contribution in [1.29, 1.82) is 0 Å². The Morgan fingerprint density at radius 3 is 2.46 bits per heavy atom. The molecule has 6 nitrogen and oxygen atoms in total. The Hall–Kier alpha value is -2.05. The van der Waals surface area contributed by atoms with E-state index in [-0.39, 0.29) is 6.09 Å². The zero-order valence-corrected chi connectivity index (χ0v) is 15.2. The SMILES string of the molecule is COc1ccc2c(CCN(C)C)cn(C(=O)OCCN(C)C)c2c1. The molecule has 0 fully saturated rings. The highest BCUT2D eigenvalue weighted by atomic mass is 16.5. The first-order chi connectivity index (χ1) is 11.4. The normalized spacial score (nSPS) is 11.5. The smallest absolute Gasteiger partial charge is 0.418 e. The molecule has 0 aliphatic rings. The van der Waals surface area contributed by atoms with Crippen molar-refractivity contribution in [2.75, 3.05) is 55.0 Å². The summed E-state index contributed by atoms with van der Waals surface area (Å²) in [4.78, 5) is 16.6. The number of hydrogen-bond donors (Lipinski definition) is 0. The van der Waals surface area contributed by atoms with E-state index in [4.69, 9.17) is 9.47 Å². The third kappa shape index (κ3) is 4.49. The number of aromatic nitrogens is 1. The number of hydrogen-bond acceptors (Lipinski definition) is 5. The van der Waals surface area contributed by atoms with Crippen LogP contribution in [0.25, 0.3) is 10.9 Å². The Morgan fingerprint density at radius 2 is 1.83 bits per heavy atom. The maximum absolute atomic E-state index is 12.5. The topological polar surface area (TPSA) is 46.9 Å². The van der Waals surface area contributed by atoms with E-state index in [0.717, 1.165) is 35.2 Å². The molecule has 0 amide bonds. The lowest BCUT2D eigenvalue weighted by molar-refractivity contribution is 0.139. The number of fused-ring (bicyclic) bond motifs is 1. The van der Waals surface area contributed by atoms with Crippen molar-refractivity contribution in [2.45, 2.75) is 6.42 Å². The van der Waals surface area contributed by atoms with Gasteiger partial charge in [0, 0.05) is 30.7 Å². The van der Waals surface area contributed by atoms with Crippen LogP contribution in [0.1, 0.15) is 5.56 Å². The number of carbonyl (C=O) groups excluding carboxylic acids is 1. The summed E-state index contributed by atoms with van der Waals surface area (Å²) in [6, 6.07) is 5.80. The van der Waals surface area contributed by atoms with Crippen LogP contribution >= 0.6 is 0 Å². The molecular formula is C18H27N3O3.